The normalized spacial score (nSPS) is 16.6. The number of rotatable bonds is 9. The Hall–Kier alpha value is -4.28. The molecule has 0 spiro atoms. The lowest BCUT2D eigenvalue weighted by Crippen LogP contribution is -2.31. The maximum absolute atomic E-state index is 13.1. The van der Waals surface area contributed by atoms with Crippen molar-refractivity contribution in [1.82, 2.24) is 15.2 Å². The zero-order valence-corrected chi connectivity index (χ0v) is 24.9. The predicted molar refractivity (Wildman–Crippen MR) is 165 cm³/mol. The van der Waals surface area contributed by atoms with E-state index in [-0.39, 0.29) is 29.4 Å². The molecule has 3 aliphatic rings. The van der Waals surface area contributed by atoms with E-state index in [1.54, 1.807) is 37.4 Å². The molecule has 0 saturated carbocycles. The highest BCUT2D eigenvalue weighted by atomic mass is 32.1. The van der Waals surface area contributed by atoms with Crippen molar-refractivity contribution in [3.63, 3.8) is 0 Å². The number of hydrogen-bond donors (Lipinski definition) is 2. The molecule has 1 saturated heterocycles. The minimum atomic E-state index is -0.534. The van der Waals surface area contributed by atoms with E-state index >= 15 is 0 Å². The quantitative estimate of drug-likeness (QED) is 0.250. The summed E-state index contributed by atoms with van der Waals surface area (Å²) in [6.07, 6.45) is 10.2. The Morgan fingerprint density at radius 3 is 2.74 bits per heavy atom. The van der Waals surface area contributed by atoms with Gasteiger partial charge in [-0.2, -0.15) is 0 Å². The standard InChI is InChI=1S/C33H34N4O5S/c1-21-25(13-14-28-30(21)36-32(40)29-26(38)7-5-8-27(29)42-28)31(39)34-19-24-20-35-33(43-24)22-9-11-23(12-10-22)41-18-6-17-37-15-3-2-4-16-37/h5,8-14,20H,2-4,6-7,15-19H2,1H3,(H,34,39)(H,36,40). The third-order valence-electron chi connectivity index (χ3n) is 7.87. The molecule has 10 heteroatoms. The van der Waals surface area contributed by atoms with E-state index in [2.05, 4.69) is 20.5 Å². The summed E-state index contributed by atoms with van der Waals surface area (Å²) in [7, 11) is 0. The minimum absolute atomic E-state index is 0.00417. The number of anilines is 1. The third kappa shape index (κ3) is 6.55. The van der Waals surface area contributed by atoms with E-state index < -0.39 is 5.91 Å². The summed E-state index contributed by atoms with van der Waals surface area (Å²) >= 11 is 1.51. The van der Waals surface area contributed by atoms with Gasteiger partial charge in [-0.3, -0.25) is 14.4 Å². The van der Waals surface area contributed by atoms with Crippen molar-refractivity contribution in [2.75, 3.05) is 31.6 Å². The van der Waals surface area contributed by atoms with Crippen molar-refractivity contribution in [2.45, 2.75) is 45.6 Å². The van der Waals surface area contributed by atoms with Crippen molar-refractivity contribution in [2.24, 2.45) is 0 Å². The minimum Gasteiger partial charge on any atom is -0.494 e. The molecule has 0 bridgehead atoms. The molecule has 0 unspecified atom stereocenters. The smallest absolute Gasteiger partial charge is 0.263 e. The number of allylic oxidation sites excluding steroid dienone is 2. The average Bonchev–Trinajstić information content (AvgIpc) is 3.44. The first-order chi connectivity index (χ1) is 21.0. The van der Waals surface area contributed by atoms with Crippen molar-refractivity contribution < 1.29 is 23.9 Å². The second kappa shape index (κ2) is 12.9. The van der Waals surface area contributed by atoms with Crippen LogP contribution in [0.3, 0.4) is 0 Å². The maximum atomic E-state index is 13.1. The zero-order chi connectivity index (χ0) is 29.8. The molecule has 1 aliphatic carbocycles. The number of aromatic nitrogens is 1. The molecule has 3 aromatic rings. The number of hydrogen-bond acceptors (Lipinski definition) is 8. The molecular formula is C33H34N4O5S. The SMILES string of the molecule is Cc1c(C(=O)NCc2cnc(-c3ccc(OCCCN4CCCCC4)cc3)s2)ccc2c1NC(=O)C1=C(C=CCC1=O)O2. The number of ether oxygens (including phenoxy) is 2. The molecule has 1 aromatic heterocycles. The fourth-order valence-corrected chi connectivity index (χ4v) is 6.38. The number of likely N-dealkylation sites (tertiary alicyclic amines) is 1. The Labute approximate surface area is 254 Å². The number of ketones is 1. The van der Waals surface area contributed by atoms with Crippen molar-refractivity contribution >= 4 is 34.6 Å². The van der Waals surface area contributed by atoms with Crippen LogP contribution in [0, 0.1) is 6.92 Å². The number of benzene rings is 2. The van der Waals surface area contributed by atoms with Gasteiger partial charge in [0.05, 0.1) is 18.8 Å². The van der Waals surface area contributed by atoms with Gasteiger partial charge in [-0.1, -0.05) is 12.5 Å². The fraction of sp³-hybridized carbons (Fsp3) is 0.333. The lowest BCUT2D eigenvalue weighted by atomic mass is 10.0. The van der Waals surface area contributed by atoms with Crippen molar-refractivity contribution in [1.29, 1.82) is 0 Å². The summed E-state index contributed by atoms with van der Waals surface area (Å²) in [4.78, 5) is 46.2. The largest absolute Gasteiger partial charge is 0.494 e. The highest BCUT2D eigenvalue weighted by Gasteiger charge is 2.31. The molecule has 9 nitrogen and oxygen atoms in total. The monoisotopic (exact) mass is 598 g/mol. The zero-order valence-electron chi connectivity index (χ0n) is 24.1. The van der Waals surface area contributed by atoms with Crippen LogP contribution < -0.4 is 20.1 Å². The lowest BCUT2D eigenvalue weighted by Gasteiger charge is -2.26. The van der Waals surface area contributed by atoms with Crippen LogP contribution in [0.1, 0.15) is 52.9 Å². The molecule has 1 fully saturated rings. The number of carbonyl (C=O) groups excluding carboxylic acids is 3. The summed E-state index contributed by atoms with van der Waals surface area (Å²) in [6.45, 7) is 6.26. The molecule has 6 rings (SSSR count). The summed E-state index contributed by atoms with van der Waals surface area (Å²) in [5, 5.41) is 6.58. The highest BCUT2D eigenvalue weighted by molar-refractivity contribution is 7.15. The Morgan fingerprint density at radius 1 is 1.12 bits per heavy atom. The molecular weight excluding hydrogens is 564 g/mol. The topological polar surface area (TPSA) is 110 Å². The summed E-state index contributed by atoms with van der Waals surface area (Å²) in [6, 6.07) is 11.2. The number of Topliss-reactive ketones (excluding diaryl/α,β-unsaturated/α-hetero) is 1. The lowest BCUT2D eigenvalue weighted by molar-refractivity contribution is -0.119. The maximum Gasteiger partial charge on any atom is 0.263 e. The number of amides is 2. The van der Waals surface area contributed by atoms with E-state index in [4.69, 9.17) is 9.47 Å². The van der Waals surface area contributed by atoms with Crippen LogP contribution in [-0.2, 0) is 16.1 Å². The van der Waals surface area contributed by atoms with Gasteiger partial charge < -0.3 is 25.0 Å². The van der Waals surface area contributed by atoms with Gasteiger partial charge >= 0.3 is 0 Å². The Kier molecular flexibility index (Phi) is 8.67. The molecule has 2 N–H and O–H groups in total. The molecule has 3 heterocycles. The highest BCUT2D eigenvalue weighted by Crippen LogP contribution is 2.36. The van der Waals surface area contributed by atoms with Crippen LogP contribution in [0.2, 0.25) is 0 Å². The van der Waals surface area contributed by atoms with Crippen molar-refractivity contribution in [3.05, 3.63) is 82.1 Å². The van der Waals surface area contributed by atoms with Crippen LogP contribution in [0.15, 0.2) is 66.1 Å². The summed E-state index contributed by atoms with van der Waals surface area (Å²) in [5.41, 5.74) is 2.32. The van der Waals surface area contributed by atoms with Gasteiger partial charge in [-0.05, 0) is 87.3 Å². The van der Waals surface area contributed by atoms with Gasteiger partial charge in [0.25, 0.3) is 11.8 Å². The Balaban J connectivity index is 1.03. The number of piperidine rings is 1. The van der Waals surface area contributed by atoms with Gasteiger partial charge in [-0.25, -0.2) is 4.98 Å². The van der Waals surface area contributed by atoms with E-state index in [0.29, 0.717) is 35.7 Å². The van der Waals surface area contributed by atoms with E-state index in [9.17, 15) is 14.4 Å². The number of nitrogens with zero attached hydrogens (tertiary/aromatic N) is 2. The summed E-state index contributed by atoms with van der Waals surface area (Å²) < 4.78 is 11.8. The molecule has 0 radical (unpaired) electrons. The van der Waals surface area contributed by atoms with Crippen LogP contribution in [0.4, 0.5) is 5.69 Å². The third-order valence-corrected chi connectivity index (χ3v) is 8.92. The first kappa shape index (κ1) is 28.8. The molecule has 2 amide bonds. The molecule has 2 aromatic carbocycles. The van der Waals surface area contributed by atoms with Gasteiger partial charge in [0, 0.05) is 35.2 Å². The van der Waals surface area contributed by atoms with E-state index in [1.165, 1.54) is 43.7 Å². The summed E-state index contributed by atoms with van der Waals surface area (Å²) in [5.74, 6) is 0.328. The first-order valence-corrected chi connectivity index (χ1v) is 15.5. The molecule has 0 atom stereocenters. The number of fused-ring (bicyclic) bond motifs is 1. The van der Waals surface area contributed by atoms with Gasteiger partial charge in [-0.15, -0.1) is 11.3 Å². The van der Waals surface area contributed by atoms with Gasteiger partial charge in [0.1, 0.15) is 22.1 Å². The number of carbonyl (C=O) groups is 3. The van der Waals surface area contributed by atoms with Gasteiger partial charge in [0.2, 0.25) is 0 Å². The van der Waals surface area contributed by atoms with Crippen LogP contribution >= 0.6 is 11.3 Å². The fourth-order valence-electron chi connectivity index (χ4n) is 5.53. The van der Waals surface area contributed by atoms with Gasteiger partial charge in [0.15, 0.2) is 11.5 Å². The number of nitrogens with one attached hydrogen (secondary N) is 2. The predicted octanol–water partition coefficient (Wildman–Crippen LogP) is 5.42. The number of thiazole rings is 1. The van der Waals surface area contributed by atoms with Crippen LogP contribution in [0.5, 0.6) is 11.5 Å². The van der Waals surface area contributed by atoms with Crippen LogP contribution in [-0.4, -0.2) is 53.7 Å². The molecule has 222 valence electrons. The Bertz CT molecular complexity index is 1600. The van der Waals surface area contributed by atoms with E-state index in [1.807, 2.05) is 24.3 Å². The molecule has 2 aliphatic heterocycles. The van der Waals surface area contributed by atoms with Crippen molar-refractivity contribution in [3.8, 4) is 22.1 Å². The Morgan fingerprint density at radius 2 is 1.93 bits per heavy atom. The average molecular weight is 599 g/mol. The van der Waals surface area contributed by atoms with Crippen LogP contribution in [0.25, 0.3) is 10.6 Å². The second-order valence-corrected chi connectivity index (χ2v) is 12.0. The first-order valence-electron chi connectivity index (χ1n) is 14.7. The second-order valence-electron chi connectivity index (χ2n) is 10.9. The van der Waals surface area contributed by atoms with E-state index in [0.717, 1.165) is 34.2 Å². The molecule has 43 heavy (non-hydrogen) atoms.